The summed E-state index contributed by atoms with van der Waals surface area (Å²) in [4.78, 5) is 10.2. The Bertz CT molecular complexity index is 143. The van der Waals surface area contributed by atoms with Crippen LogP contribution in [0.4, 0.5) is 0 Å². The van der Waals surface area contributed by atoms with Crippen LogP contribution in [0.2, 0.25) is 0 Å². The largest absolute Gasteiger partial charge is 0.481 e. The number of carboxylic acid groups (broad SMARTS) is 1. The maximum Gasteiger partial charge on any atom is 0.304 e. The van der Waals surface area contributed by atoms with Gasteiger partial charge in [0.2, 0.25) is 0 Å². The van der Waals surface area contributed by atoms with Gasteiger partial charge in [-0.05, 0) is 13.6 Å². The van der Waals surface area contributed by atoms with Crippen LogP contribution in [0.25, 0.3) is 0 Å². The Balaban J connectivity index is 3.53. The summed E-state index contributed by atoms with van der Waals surface area (Å²) in [6.45, 7) is 4.55. The first-order valence-electron chi connectivity index (χ1n) is 3.87. The number of hydrogen-bond donors (Lipinski definition) is 2. The van der Waals surface area contributed by atoms with E-state index in [2.05, 4.69) is 0 Å². The second-order valence-corrected chi connectivity index (χ2v) is 4.47. The molecular weight excluding hydrogens is 177 g/mol. The third-order valence-corrected chi connectivity index (χ3v) is 2.96. The molecular formula is C7H16NO3P. The van der Waals surface area contributed by atoms with Crippen molar-refractivity contribution in [2.24, 2.45) is 5.73 Å². The van der Waals surface area contributed by atoms with Crippen molar-refractivity contribution in [2.45, 2.75) is 19.4 Å². The summed E-state index contributed by atoms with van der Waals surface area (Å²) in [6, 6.07) is -0.273. The molecule has 0 aliphatic rings. The van der Waals surface area contributed by atoms with E-state index in [9.17, 15) is 4.79 Å². The molecule has 2 atom stereocenters. The summed E-state index contributed by atoms with van der Waals surface area (Å²) in [6.07, 6.45) is 0.690. The van der Waals surface area contributed by atoms with Gasteiger partial charge >= 0.3 is 5.97 Å². The molecule has 0 aliphatic heterocycles. The zero-order chi connectivity index (χ0) is 9.56. The van der Waals surface area contributed by atoms with Crippen molar-refractivity contribution in [3.05, 3.63) is 0 Å². The minimum absolute atomic E-state index is 0.0275. The van der Waals surface area contributed by atoms with Gasteiger partial charge in [0.15, 0.2) is 0 Å². The van der Waals surface area contributed by atoms with Crippen molar-refractivity contribution < 1.29 is 14.4 Å². The first kappa shape index (κ1) is 11.8. The van der Waals surface area contributed by atoms with Gasteiger partial charge in [0.25, 0.3) is 0 Å². The summed E-state index contributed by atoms with van der Waals surface area (Å²) in [7, 11) is -0.539. The van der Waals surface area contributed by atoms with Crippen LogP contribution in [-0.2, 0) is 9.32 Å². The van der Waals surface area contributed by atoms with Crippen LogP contribution in [0.1, 0.15) is 13.3 Å². The van der Waals surface area contributed by atoms with Crippen molar-refractivity contribution in [1.82, 2.24) is 0 Å². The molecule has 5 heteroatoms. The summed E-state index contributed by atoms with van der Waals surface area (Å²) in [5.74, 6) is -0.845. The SMILES string of the molecule is CCOP(C)C[C@@H](N)CC(=O)O. The zero-order valence-corrected chi connectivity index (χ0v) is 8.38. The third-order valence-electron chi connectivity index (χ3n) is 1.28. The minimum Gasteiger partial charge on any atom is -0.481 e. The summed E-state index contributed by atoms with van der Waals surface area (Å²) >= 11 is 0. The normalized spacial score (nSPS) is 15.6. The Labute approximate surface area is 73.9 Å². The fourth-order valence-electron chi connectivity index (χ4n) is 0.892. The average Bonchev–Trinajstić information content (AvgIpc) is 1.84. The molecule has 0 aromatic carbocycles. The van der Waals surface area contributed by atoms with Gasteiger partial charge in [0.05, 0.1) is 6.42 Å². The van der Waals surface area contributed by atoms with Gasteiger partial charge in [-0.15, -0.1) is 0 Å². The lowest BCUT2D eigenvalue weighted by molar-refractivity contribution is -0.137. The Hall–Kier alpha value is -0.180. The molecule has 0 aliphatic carbocycles. The number of carbonyl (C=O) groups is 1. The smallest absolute Gasteiger partial charge is 0.304 e. The van der Waals surface area contributed by atoms with Crippen LogP contribution < -0.4 is 5.73 Å². The molecule has 4 nitrogen and oxygen atoms in total. The highest BCUT2D eigenvalue weighted by atomic mass is 31.1. The van der Waals surface area contributed by atoms with E-state index in [0.717, 1.165) is 0 Å². The molecule has 0 fully saturated rings. The molecule has 3 N–H and O–H groups in total. The molecule has 72 valence electrons. The van der Waals surface area contributed by atoms with E-state index in [-0.39, 0.29) is 12.5 Å². The molecule has 1 unspecified atom stereocenters. The van der Waals surface area contributed by atoms with Gasteiger partial charge in [-0.3, -0.25) is 4.79 Å². The van der Waals surface area contributed by atoms with Crippen LogP contribution >= 0.6 is 8.15 Å². The second kappa shape index (κ2) is 6.35. The fourth-order valence-corrected chi connectivity index (χ4v) is 2.23. The lowest BCUT2D eigenvalue weighted by Crippen LogP contribution is -2.27. The highest BCUT2D eigenvalue weighted by molar-refractivity contribution is 7.51. The van der Waals surface area contributed by atoms with E-state index in [1.807, 2.05) is 13.6 Å². The van der Waals surface area contributed by atoms with Gasteiger partial charge in [0.1, 0.15) is 0 Å². The summed E-state index contributed by atoms with van der Waals surface area (Å²) < 4.78 is 5.29. The molecule has 0 bridgehead atoms. The number of nitrogens with two attached hydrogens (primary N) is 1. The minimum atomic E-state index is -0.845. The molecule has 0 amide bonds. The van der Waals surface area contributed by atoms with Gasteiger partial charge in [-0.25, -0.2) is 0 Å². The Kier molecular flexibility index (Phi) is 6.25. The third kappa shape index (κ3) is 6.53. The Morgan fingerprint density at radius 1 is 1.75 bits per heavy atom. The van der Waals surface area contributed by atoms with Crippen LogP contribution in [-0.4, -0.2) is 36.6 Å². The summed E-state index contributed by atoms with van der Waals surface area (Å²) in [5, 5.41) is 8.41. The highest BCUT2D eigenvalue weighted by Gasteiger charge is 2.12. The van der Waals surface area contributed by atoms with Gasteiger partial charge in [-0.1, -0.05) is 0 Å². The average molecular weight is 193 g/mol. The Morgan fingerprint density at radius 2 is 2.33 bits per heavy atom. The maximum absolute atomic E-state index is 10.2. The Morgan fingerprint density at radius 3 is 2.75 bits per heavy atom. The zero-order valence-electron chi connectivity index (χ0n) is 7.49. The van der Waals surface area contributed by atoms with Gasteiger partial charge < -0.3 is 15.4 Å². The standard InChI is InChI=1S/C7H16NO3P/c1-3-11-12(2)5-6(8)4-7(9)10/h6H,3-5,8H2,1-2H3,(H,9,10)/t6-,12?/m0/s1. The van der Waals surface area contributed by atoms with E-state index in [4.69, 9.17) is 15.4 Å². The number of hydrogen-bond acceptors (Lipinski definition) is 3. The van der Waals surface area contributed by atoms with Crippen molar-refractivity contribution in [3.8, 4) is 0 Å². The van der Waals surface area contributed by atoms with E-state index in [1.54, 1.807) is 0 Å². The van der Waals surface area contributed by atoms with Crippen LogP contribution in [0.15, 0.2) is 0 Å². The first-order chi connectivity index (χ1) is 5.56. The number of carboxylic acids is 1. The monoisotopic (exact) mass is 193 g/mol. The highest BCUT2D eigenvalue weighted by Crippen LogP contribution is 2.32. The van der Waals surface area contributed by atoms with Crippen LogP contribution in [0, 0.1) is 0 Å². The molecule has 0 spiro atoms. The summed E-state index contributed by atoms with van der Waals surface area (Å²) in [5.41, 5.74) is 5.56. The number of rotatable bonds is 6. The van der Waals surface area contributed by atoms with Crippen LogP contribution in [0.5, 0.6) is 0 Å². The molecule has 0 saturated heterocycles. The topological polar surface area (TPSA) is 72.5 Å². The quantitative estimate of drug-likeness (QED) is 0.613. The molecule has 0 aromatic rings. The van der Waals surface area contributed by atoms with Crippen molar-refractivity contribution >= 4 is 14.1 Å². The van der Waals surface area contributed by atoms with Crippen molar-refractivity contribution in [1.29, 1.82) is 0 Å². The van der Waals surface area contributed by atoms with E-state index < -0.39 is 14.1 Å². The second-order valence-electron chi connectivity index (χ2n) is 2.59. The first-order valence-corrected chi connectivity index (χ1v) is 5.76. The number of aliphatic carboxylic acids is 1. The van der Waals surface area contributed by atoms with E-state index in [1.165, 1.54) is 0 Å². The van der Waals surface area contributed by atoms with Crippen LogP contribution in [0.3, 0.4) is 0 Å². The molecule has 0 rings (SSSR count). The fraction of sp³-hybridized carbons (Fsp3) is 0.857. The molecule has 0 radical (unpaired) electrons. The molecule has 0 aromatic heterocycles. The molecule has 0 saturated carbocycles. The van der Waals surface area contributed by atoms with Gasteiger partial charge in [0, 0.05) is 27.0 Å². The van der Waals surface area contributed by atoms with Crippen molar-refractivity contribution in [2.75, 3.05) is 19.4 Å². The predicted molar refractivity (Wildman–Crippen MR) is 49.6 cm³/mol. The molecule has 0 heterocycles. The maximum atomic E-state index is 10.2. The predicted octanol–water partition coefficient (Wildman–Crippen LogP) is 0.852. The molecule has 12 heavy (non-hydrogen) atoms. The van der Waals surface area contributed by atoms with Gasteiger partial charge in [-0.2, -0.15) is 0 Å². The van der Waals surface area contributed by atoms with E-state index >= 15 is 0 Å². The van der Waals surface area contributed by atoms with E-state index in [0.29, 0.717) is 12.8 Å². The van der Waals surface area contributed by atoms with Crippen molar-refractivity contribution in [3.63, 3.8) is 0 Å². The lowest BCUT2D eigenvalue weighted by Gasteiger charge is -2.15. The lowest BCUT2D eigenvalue weighted by atomic mass is 10.2.